The Morgan fingerprint density at radius 1 is 0.824 bits per heavy atom. The first kappa shape index (κ1) is 25.4. The standard InChI is InChI=1S/C29H29ClO4/c1-18-15-19(2)28(20(3)16-18)26(31)6-4-5-24(29(33)34)17-27(32)23-9-7-21(8-10-23)22-11-13-25(30)14-12-22/h7-16,24H,4-6,17H2,1-3H3,(H,33,34). The molecular weight excluding hydrogens is 448 g/mol. The van der Waals surface area contributed by atoms with Crippen molar-refractivity contribution in [3.05, 3.63) is 93.5 Å². The smallest absolute Gasteiger partial charge is 0.306 e. The summed E-state index contributed by atoms with van der Waals surface area (Å²) in [4.78, 5) is 37.3. The van der Waals surface area contributed by atoms with E-state index in [0.717, 1.165) is 27.8 Å². The van der Waals surface area contributed by atoms with Crippen LogP contribution in [0.3, 0.4) is 0 Å². The molecule has 0 aromatic heterocycles. The van der Waals surface area contributed by atoms with E-state index in [4.69, 9.17) is 11.6 Å². The summed E-state index contributed by atoms with van der Waals surface area (Å²) in [5.41, 5.74) is 6.11. The van der Waals surface area contributed by atoms with Gasteiger partial charge >= 0.3 is 5.97 Å². The highest BCUT2D eigenvalue weighted by Gasteiger charge is 2.23. The van der Waals surface area contributed by atoms with Gasteiger partial charge in [0.05, 0.1) is 5.92 Å². The number of carboxylic acid groups (broad SMARTS) is 1. The molecule has 3 rings (SSSR count). The molecular formula is C29H29ClO4. The number of hydrogen-bond donors (Lipinski definition) is 1. The lowest BCUT2D eigenvalue weighted by Gasteiger charge is -2.13. The van der Waals surface area contributed by atoms with E-state index in [0.29, 0.717) is 22.6 Å². The Morgan fingerprint density at radius 2 is 1.35 bits per heavy atom. The van der Waals surface area contributed by atoms with Gasteiger partial charge in [-0.2, -0.15) is 0 Å². The Kier molecular flexibility index (Phi) is 8.41. The average Bonchev–Trinajstić information content (AvgIpc) is 2.78. The van der Waals surface area contributed by atoms with Crippen LogP contribution in [-0.2, 0) is 4.79 Å². The predicted molar refractivity (Wildman–Crippen MR) is 136 cm³/mol. The maximum absolute atomic E-state index is 12.7. The summed E-state index contributed by atoms with van der Waals surface area (Å²) >= 11 is 5.93. The molecule has 3 aromatic carbocycles. The van der Waals surface area contributed by atoms with Gasteiger partial charge in [0.2, 0.25) is 0 Å². The van der Waals surface area contributed by atoms with Gasteiger partial charge in [-0.05, 0) is 68.0 Å². The second-order valence-electron chi connectivity index (χ2n) is 8.84. The van der Waals surface area contributed by atoms with E-state index in [2.05, 4.69) is 0 Å². The van der Waals surface area contributed by atoms with Gasteiger partial charge in [0.1, 0.15) is 0 Å². The molecule has 176 valence electrons. The molecule has 1 atom stereocenters. The van der Waals surface area contributed by atoms with Crippen LogP contribution in [0.1, 0.15) is 63.1 Å². The highest BCUT2D eigenvalue weighted by molar-refractivity contribution is 6.30. The van der Waals surface area contributed by atoms with Gasteiger partial charge in [-0.3, -0.25) is 14.4 Å². The van der Waals surface area contributed by atoms with Gasteiger partial charge in [-0.15, -0.1) is 0 Å². The first-order valence-electron chi connectivity index (χ1n) is 11.4. The van der Waals surface area contributed by atoms with Crippen LogP contribution in [0, 0.1) is 26.7 Å². The molecule has 4 nitrogen and oxygen atoms in total. The zero-order valence-corrected chi connectivity index (χ0v) is 20.5. The number of halogens is 1. The number of aliphatic carboxylic acids is 1. The molecule has 1 unspecified atom stereocenters. The van der Waals surface area contributed by atoms with Crippen molar-refractivity contribution in [3.63, 3.8) is 0 Å². The summed E-state index contributed by atoms with van der Waals surface area (Å²) in [6.45, 7) is 5.84. The van der Waals surface area contributed by atoms with Crippen LogP contribution in [0.15, 0.2) is 60.7 Å². The first-order valence-corrected chi connectivity index (χ1v) is 11.8. The van der Waals surface area contributed by atoms with Crippen molar-refractivity contribution < 1.29 is 19.5 Å². The second-order valence-corrected chi connectivity index (χ2v) is 9.27. The number of carboxylic acids is 1. The third-order valence-corrected chi connectivity index (χ3v) is 6.33. The molecule has 0 amide bonds. The Hall–Kier alpha value is -3.24. The highest BCUT2D eigenvalue weighted by Crippen LogP contribution is 2.24. The van der Waals surface area contributed by atoms with Crippen molar-refractivity contribution in [3.8, 4) is 11.1 Å². The molecule has 0 aliphatic heterocycles. The number of ketones is 2. The van der Waals surface area contributed by atoms with E-state index >= 15 is 0 Å². The number of aryl methyl sites for hydroxylation is 3. The van der Waals surface area contributed by atoms with Crippen LogP contribution in [0.25, 0.3) is 11.1 Å². The van der Waals surface area contributed by atoms with Crippen molar-refractivity contribution in [2.75, 3.05) is 0 Å². The fourth-order valence-electron chi connectivity index (χ4n) is 4.40. The van der Waals surface area contributed by atoms with Crippen molar-refractivity contribution in [1.82, 2.24) is 0 Å². The first-order chi connectivity index (χ1) is 16.2. The molecule has 0 spiro atoms. The van der Waals surface area contributed by atoms with Crippen LogP contribution in [0.2, 0.25) is 5.02 Å². The fourth-order valence-corrected chi connectivity index (χ4v) is 4.53. The lowest BCUT2D eigenvalue weighted by atomic mass is 9.90. The minimum Gasteiger partial charge on any atom is -0.481 e. The summed E-state index contributed by atoms with van der Waals surface area (Å²) in [7, 11) is 0. The van der Waals surface area contributed by atoms with Crippen LogP contribution in [0.5, 0.6) is 0 Å². The molecule has 0 aliphatic carbocycles. The lowest BCUT2D eigenvalue weighted by Crippen LogP contribution is -2.18. The fraction of sp³-hybridized carbons (Fsp3) is 0.276. The van der Waals surface area contributed by atoms with Gasteiger partial charge in [0.15, 0.2) is 11.6 Å². The van der Waals surface area contributed by atoms with Gasteiger partial charge in [-0.1, -0.05) is 65.7 Å². The molecule has 0 saturated carbocycles. The quantitative estimate of drug-likeness (QED) is 0.312. The predicted octanol–water partition coefficient (Wildman–Crippen LogP) is 7.26. The van der Waals surface area contributed by atoms with Crippen LogP contribution >= 0.6 is 11.6 Å². The van der Waals surface area contributed by atoms with Crippen molar-refractivity contribution in [2.24, 2.45) is 5.92 Å². The summed E-state index contributed by atoms with van der Waals surface area (Å²) in [6, 6.07) is 18.5. The van der Waals surface area contributed by atoms with Gasteiger partial charge in [-0.25, -0.2) is 0 Å². The zero-order chi connectivity index (χ0) is 24.8. The molecule has 3 aromatic rings. The van der Waals surface area contributed by atoms with Gasteiger partial charge < -0.3 is 5.11 Å². The second kappa shape index (κ2) is 11.3. The number of hydrogen-bond acceptors (Lipinski definition) is 3. The Bertz CT molecular complexity index is 1170. The maximum Gasteiger partial charge on any atom is 0.306 e. The molecule has 0 radical (unpaired) electrons. The lowest BCUT2D eigenvalue weighted by molar-refractivity contribution is -0.141. The molecule has 0 saturated heterocycles. The normalized spacial score (nSPS) is 11.8. The molecule has 0 bridgehead atoms. The average molecular weight is 477 g/mol. The summed E-state index contributed by atoms with van der Waals surface area (Å²) < 4.78 is 0. The summed E-state index contributed by atoms with van der Waals surface area (Å²) in [6.07, 6.45) is 0.871. The van der Waals surface area contributed by atoms with Crippen LogP contribution in [-0.4, -0.2) is 22.6 Å². The van der Waals surface area contributed by atoms with Gasteiger partial charge in [0.25, 0.3) is 0 Å². The SMILES string of the molecule is Cc1cc(C)c(C(=O)CCCC(CC(=O)c2ccc(-c3ccc(Cl)cc3)cc2)C(=O)O)c(C)c1. The minimum atomic E-state index is -1.01. The summed E-state index contributed by atoms with van der Waals surface area (Å²) in [5, 5.41) is 10.3. The summed E-state index contributed by atoms with van der Waals surface area (Å²) in [5.74, 6) is -2.03. The zero-order valence-electron chi connectivity index (χ0n) is 19.7. The van der Waals surface area contributed by atoms with E-state index in [1.165, 1.54) is 0 Å². The topological polar surface area (TPSA) is 71.4 Å². The number of benzene rings is 3. The number of rotatable bonds is 10. The molecule has 0 fully saturated rings. The third kappa shape index (κ3) is 6.42. The maximum atomic E-state index is 12.7. The monoisotopic (exact) mass is 476 g/mol. The van der Waals surface area contributed by atoms with Crippen molar-refractivity contribution >= 4 is 29.1 Å². The molecule has 0 aliphatic rings. The van der Waals surface area contributed by atoms with E-state index in [1.807, 2.05) is 57.2 Å². The third-order valence-electron chi connectivity index (χ3n) is 6.08. The Labute approximate surface area is 205 Å². The molecule has 34 heavy (non-hydrogen) atoms. The van der Waals surface area contributed by atoms with E-state index < -0.39 is 11.9 Å². The highest BCUT2D eigenvalue weighted by atomic mass is 35.5. The van der Waals surface area contributed by atoms with Crippen LogP contribution in [0.4, 0.5) is 0 Å². The van der Waals surface area contributed by atoms with Crippen LogP contribution < -0.4 is 0 Å². The van der Waals surface area contributed by atoms with E-state index in [-0.39, 0.29) is 30.8 Å². The number of carbonyl (C=O) groups is 3. The molecule has 1 N–H and O–H groups in total. The van der Waals surface area contributed by atoms with Gasteiger partial charge in [0, 0.05) is 29.0 Å². The van der Waals surface area contributed by atoms with E-state index in [1.54, 1.807) is 24.3 Å². The minimum absolute atomic E-state index is 0.0169. The van der Waals surface area contributed by atoms with E-state index in [9.17, 15) is 19.5 Å². The Balaban J connectivity index is 1.59. The molecule has 0 heterocycles. The number of carbonyl (C=O) groups excluding carboxylic acids is 2. The Morgan fingerprint density at radius 3 is 1.88 bits per heavy atom. The van der Waals surface area contributed by atoms with Crippen molar-refractivity contribution in [2.45, 2.75) is 46.5 Å². The van der Waals surface area contributed by atoms with Crippen molar-refractivity contribution in [1.29, 1.82) is 0 Å². The number of Topliss-reactive ketones (excluding diaryl/α,β-unsaturated/α-hetero) is 2. The molecule has 5 heteroatoms. The largest absolute Gasteiger partial charge is 0.481 e.